The van der Waals surface area contributed by atoms with Gasteiger partial charge in [-0.1, -0.05) is 42.1 Å². The van der Waals surface area contributed by atoms with Crippen LogP contribution in [0.4, 0.5) is 0 Å². The van der Waals surface area contributed by atoms with Gasteiger partial charge in [-0.3, -0.25) is 0 Å². The molecule has 0 saturated carbocycles. The third-order valence-corrected chi connectivity index (χ3v) is 4.73. The molecule has 126 valence electrons. The maximum atomic E-state index is 5.74. The average Bonchev–Trinajstić information content (AvgIpc) is 2.98. The van der Waals surface area contributed by atoms with Crippen molar-refractivity contribution in [3.8, 4) is 5.75 Å². The first-order valence-corrected chi connectivity index (χ1v) is 9.12. The predicted molar refractivity (Wildman–Crippen MR) is 98.9 cm³/mol. The van der Waals surface area contributed by atoms with Crippen LogP contribution in [0.1, 0.15) is 6.42 Å². The van der Waals surface area contributed by atoms with Gasteiger partial charge in [0, 0.05) is 19.4 Å². The summed E-state index contributed by atoms with van der Waals surface area (Å²) in [6.45, 7) is 2.22. The van der Waals surface area contributed by atoms with E-state index in [0.717, 1.165) is 47.3 Å². The highest BCUT2D eigenvalue weighted by atomic mass is 32.2. The van der Waals surface area contributed by atoms with Gasteiger partial charge in [-0.2, -0.15) is 0 Å². The normalized spacial score (nSPS) is 11.0. The average molecular weight is 342 g/mol. The predicted octanol–water partition coefficient (Wildman–Crippen LogP) is 4.24. The highest BCUT2D eigenvalue weighted by Gasteiger charge is 2.10. The summed E-state index contributed by atoms with van der Waals surface area (Å²) in [5.74, 6) is 1.90. The Labute approximate surface area is 146 Å². The van der Waals surface area contributed by atoms with Crippen molar-refractivity contribution in [1.82, 2.24) is 9.55 Å². The van der Waals surface area contributed by atoms with Crippen LogP contribution in [-0.4, -0.2) is 35.6 Å². The van der Waals surface area contributed by atoms with Gasteiger partial charge in [-0.25, -0.2) is 4.98 Å². The molecule has 0 aliphatic carbocycles. The quantitative estimate of drug-likeness (QED) is 0.430. The Morgan fingerprint density at radius 3 is 2.62 bits per heavy atom. The van der Waals surface area contributed by atoms with Gasteiger partial charge >= 0.3 is 0 Å². The summed E-state index contributed by atoms with van der Waals surface area (Å²) in [6.07, 6.45) is 0.979. The first-order valence-electron chi connectivity index (χ1n) is 8.13. The molecule has 24 heavy (non-hydrogen) atoms. The van der Waals surface area contributed by atoms with Crippen LogP contribution in [0.3, 0.4) is 0 Å². The Morgan fingerprint density at radius 1 is 1.00 bits per heavy atom. The van der Waals surface area contributed by atoms with Crippen molar-refractivity contribution < 1.29 is 9.47 Å². The van der Waals surface area contributed by atoms with Gasteiger partial charge in [-0.15, -0.1) is 0 Å². The second-order valence-electron chi connectivity index (χ2n) is 5.39. The molecular weight excluding hydrogens is 320 g/mol. The first kappa shape index (κ1) is 16.9. The fraction of sp³-hybridized carbons (Fsp3) is 0.316. The summed E-state index contributed by atoms with van der Waals surface area (Å²) in [6, 6.07) is 18.2. The highest BCUT2D eigenvalue weighted by Crippen LogP contribution is 2.24. The SMILES string of the molecule is COCCn1c(SCCCOc2ccccc2)nc2ccccc21. The van der Waals surface area contributed by atoms with Gasteiger partial charge in [0.05, 0.1) is 24.2 Å². The van der Waals surface area contributed by atoms with E-state index in [0.29, 0.717) is 6.61 Å². The highest BCUT2D eigenvalue weighted by molar-refractivity contribution is 7.99. The van der Waals surface area contributed by atoms with Crippen LogP contribution in [0.5, 0.6) is 5.75 Å². The molecular formula is C19H22N2O2S. The van der Waals surface area contributed by atoms with Crippen molar-refractivity contribution in [2.24, 2.45) is 0 Å². The van der Waals surface area contributed by atoms with Crippen LogP contribution in [-0.2, 0) is 11.3 Å². The molecule has 0 aliphatic heterocycles. The number of nitrogens with zero attached hydrogens (tertiary/aromatic N) is 2. The lowest BCUT2D eigenvalue weighted by atomic mass is 10.3. The number of imidazole rings is 1. The lowest BCUT2D eigenvalue weighted by molar-refractivity contribution is 0.186. The molecule has 1 heterocycles. The Bertz CT molecular complexity index is 758. The van der Waals surface area contributed by atoms with Crippen molar-refractivity contribution in [2.45, 2.75) is 18.1 Å². The van der Waals surface area contributed by atoms with Crippen molar-refractivity contribution in [2.75, 3.05) is 26.1 Å². The Morgan fingerprint density at radius 2 is 1.79 bits per heavy atom. The van der Waals surface area contributed by atoms with Crippen LogP contribution in [0.25, 0.3) is 11.0 Å². The number of methoxy groups -OCH3 is 1. The molecule has 5 heteroatoms. The Hall–Kier alpha value is -1.98. The summed E-state index contributed by atoms with van der Waals surface area (Å²) in [4.78, 5) is 4.75. The maximum Gasteiger partial charge on any atom is 0.169 e. The molecule has 0 spiro atoms. The minimum atomic E-state index is 0.686. The summed E-state index contributed by atoms with van der Waals surface area (Å²) in [5.41, 5.74) is 2.20. The summed E-state index contributed by atoms with van der Waals surface area (Å²) in [5, 5.41) is 1.05. The number of hydrogen-bond acceptors (Lipinski definition) is 4. The molecule has 0 bridgehead atoms. The standard InChI is InChI=1S/C19H22N2O2S/c1-22-14-12-21-18-11-6-5-10-17(18)20-19(21)24-15-7-13-23-16-8-3-2-4-9-16/h2-6,8-11H,7,12-15H2,1H3. The molecule has 0 atom stereocenters. The lowest BCUT2D eigenvalue weighted by Crippen LogP contribution is -2.06. The zero-order chi connectivity index (χ0) is 16.6. The van der Waals surface area contributed by atoms with Gasteiger partial charge in [0.25, 0.3) is 0 Å². The number of thioether (sulfide) groups is 1. The van der Waals surface area contributed by atoms with Crippen LogP contribution < -0.4 is 4.74 Å². The third kappa shape index (κ3) is 4.30. The van der Waals surface area contributed by atoms with Crippen molar-refractivity contribution in [3.05, 3.63) is 54.6 Å². The summed E-state index contributed by atoms with van der Waals surface area (Å²) in [7, 11) is 1.73. The number of para-hydroxylation sites is 3. The van der Waals surface area contributed by atoms with E-state index in [2.05, 4.69) is 22.8 Å². The van der Waals surface area contributed by atoms with Gasteiger partial charge in [-0.05, 0) is 30.7 Å². The Kier molecular flexibility index (Phi) is 6.15. The molecule has 0 aliphatic rings. The minimum absolute atomic E-state index is 0.686. The lowest BCUT2D eigenvalue weighted by Gasteiger charge is -2.08. The molecule has 3 aromatic rings. The molecule has 2 aromatic carbocycles. The summed E-state index contributed by atoms with van der Waals surface area (Å²) < 4.78 is 13.2. The van der Waals surface area contributed by atoms with Gasteiger partial charge in [0.2, 0.25) is 0 Å². The van der Waals surface area contributed by atoms with E-state index in [-0.39, 0.29) is 0 Å². The van der Waals surface area contributed by atoms with E-state index < -0.39 is 0 Å². The van der Waals surface area contributed by atoms with Gasteiger partial charge in [0.15, 0.2) is 5.16 Å². The third-order valence-electron chi connectivity index (χ3n) is 3.67. The number of rotatable bonds is 9. The smallest absolute Gasteiger partial charge is 0.169 e. The van der Waals surface area contributed by atoms with Crippen molar-refractivity contribution in [1.29, 1.82) is 0 Å². The van der Waals surface area contributed by atoms with Gasteiger partial charge < -0.3 is 14.0 Å². The minimum Gasteiger partial charge on any atom is -0.494 e. The zero-order valence-electron chi connectivity index (χ0n) is 13.9. The van der Waals surface area contributed by atoms with Gasteiger partial charge in [0.1, 0.15) is 5.75 Å². The number of fused-ring (bicyclic) bond motifs is 1. The second kappa shape index (κ2) is 8.76. The Balaban J connectivity index is 1.56. The van der Waals surface area contributed by atoms with E-state index in [1.807, 2.05) is 36.4 Å². The number of aromatic nitrogens is 2. The number of benzene rings is 2. The van der Waals surface area contributed by atoms with E-state index in [4.69, 9.17) is 14.5 Å². The monoisotopic (exact) mass is 342 g/mol. The fourth-order valence-electron chi connectivity index (χ4n) is 2.49. The number of ether oxygens (including phenoxy) is 2. The van der Waals surface area contributed by atoms with Crippen LogP contribution >= 0.6 is 11.8 Å². The molecule has 3 rings (SSSR count). The molecule has 4 nitrogen and oxygen atoms in total. The molecule has 1 aromatic heterocycles. The van der Waals surface area contributed by atoms with E-state index >= 15 is 0 Å². The van der Waals surface area contributed by atoms with E-state index in [1.54, 1.807) is 18.9 Å². The van der Waals surface area contributed by atoms with E-state index in [1.165, 1.54) is 0 Å². The topological polar surface area (TPSA) is 36.3 Å². The summed E-state index contributed by atoms with van der Waals surface area (Å²) >= 11 is 1.77. The first-order chi connectivity index (χ1) is 11.9. The van der Waals surface area contributed by atoms with E-state index in [9.17, 15) is 0 Å². The molecule has 0 unspecified atom stereocenters. The second-order valence-corrected chi connectivity index (χ2v) is 6.45. The molecule has 0 radical (unpaired) electrons. The van der Waals surface area contributed by atoms with Crippen LogP contribution in [0.2, 0.25) is 0 Å². The molecule has 0 saturated heterocycles. The fourth-order valence-corrected chi connectivity index (χ4v) is 3.44. The zero-order valence-corrected chi connectivity index (χ0v) is 14.7. The molecule has 0 fully saturated rings. The largest absolute Gasteiger partial charge is 0.494 e. The molecule has 0 N–H and O–H groups in total. The van der Waals surface area contributed by atoms with Crippen molar-refractivity contribution >= 4 is 22.8 Å². The number of hydrogen-bond donors (Lipinski definition) is 0. The van der Waals surface area contributed by atoms with Crippen LogP contribution in [0.15, 0.2) is 59.8 Å². The maximum absolute atomic E-state index is 5.74. The van der Waals surface area contributed by atoms with Crippen LogP contribution in [0, 0.1) is 0 Å². The molecule has 0 amide bonds. The van der Waals surface area contributed by atoms with Crippen molar-refractivity contribution in [3.63, 3.8) is 0 Å².